The van der Waals surface area contributed by atoms with Crippen molar-refractivity contribution >= 4 is 17.0 Å². The zero-order valence-corrected chi connectivity index (χ0v) is 11.6. The number of aryl methyl sites for hydroxylation is 1. The van der Waals surface area contributed by atoms with Crippen LogP contribution in [0.1, 0.15) is 4.88 Å². The standard InChI is InChI=1S/C15H12FN3S/c1-9-14(13-7-6-10(16)8-18-13)19-15(20-9)11-4-2-3-5-12(11)17/h2-8H,17H2,1H3. The first-order valence-corrected chi connectivity index (χ1v) is 6.91. The highest BCUT2D eigenvalue weighted by Crippen LogP contribution is 2.34. The van der Waals surface area contributed by atoms with Crippen LogP contribution in [0.15, 0.2) is 42.6 Å². The number of nitrogens with zero attached hydrogens (tertiary/aromatic N) is 2. The lowest BCUT2D eigenvalue weighted by molar-refractivity contribution is 0.622. The van der Waals surface area contributed by atoms with E-state index in [1.165, 1.54) is 12.3 Å². The Morgan fingerprint density at radius 3 is 2.65 bits per heavy atom. The first-order chi connectivity index (χ1) is 9.65. The molecule has 3 aromatic rings. The predicted octanol–water partition coefficient (Wildman–Crippen LogP) is 3.90. The zero-order valence-electron chi connectivity index (χ0n) is 10.8. The van der Waals surface area contributed by atoms with Gasteiger partial charge in [-0.05, 0) is 31.2 Å². The highest BCUT2D eigenvalue weighted by atomic mass is 32.1. The predicted molar refractivity (Wildman–Crippen MR) is 79.9 cm³/mol. The zero-order chi connectivity index (χ0) is 14.1. The maximum atomic E-state index is 12.9. The summed E-state index contributed by atoms with van der Waals surface area (Å²) in [6.07, 6.45) is 1.20. The van der Waals surface area contributed by atoms with Gasteiger partial charge in [-0.15, -0.1) is 11.3 Å². The summed E-state index contributed by atoms with van der Waals surface area (Å²) in [6, 6.07) is 10.6. The van der Waals surface area contributed by atoms with Gasteiger partial charge in [0.25, 0.3) is 0 Å². The fourth-order valence-electron chi connectivity index (χ4n) is 1.96. The largest absolute Gasteiger partial charge is 0.398 e. The molecule has 0 aliphatic heterocycles. The third-order valence-corrected chi connectivity index (χ3v) is 3.96. The average molecular weight is 285 g/mol. The second-order valence-corrected chi connectivity index (χ2v) is 5.58. The van der Waals surface area contributed by atoms with Gasteiger partial charge in [-0.25, -0.2) is 9.37 Å². The lowest BCUT2D eigenvalue weighted by atomic mass is 10.2. The summed E-state index contributed by atoms with van der Waals surface area (Å²) in [7, 11) is 0. The van der Waals surface area contributed by atoms with Gasteiger partial charge in [0.05, 0.1) is 11.9 Å². The van der Waals surface area contributed by atoms with Gasteiger partial charge < -0.3 is 5.73 Å². The molecule has 2 aromatic heterocycles. The molecule has 0 atom stereocenters. The number of para-hydroxylation sites is 1. The Balaban J connectivity index is 2.08. The normalized spacial score (nSPS) is 10.7. The van der Waals surface area contributed by atoms with Gasteiger partial charge in [0, 0.05) is 16.1 Å². The van der Waals surface area contributed by atoms with Crippen LogP contribution in [0.4, 0.5) is 10.1 Å². The van der Waals surface area contributed by atoms with Crippen LogP contribution in [0.5, 0.6) is 0 Å². The Morgan fingerprint density at radius 2 is 1.95 bits per heavy atom. The highest BCUT2D eigenvalue weighted by molar-refractivity contribution is 7.15. The number of hydrogen-bond acceptors (Lipinski definition) is 4. The molecule has 100 valence electrons. The Labute approximate surface area is 119 Å². The number of nitrogen functional groups attached to an aromatic ring is 1. The van der Waals surface area contributed by atoms with Gasteiger partial charge in [-0.2, -0.15) is 0 Å². The van der Waals surface area contributed by atoms with Gasteiger partial charge in [-0.3, -0.25) is 4.98 Å². The molecule has 2 heterocycles. The summed E-state index contributed by atoms with van der Waals surface area (Å²) in [5, 5.41) is 0.849. The summed E-state index contributed by atoms with van der Waals surface area (Å²) in [6.45, 7) is 1.97. The quantitative estimate of drug-likeness (QED) is 0.726. The molecule has 0 fully saturated rings. The van der Waals surface area contributed by atoms with Gasteiger partial charge in [0.2, 0.25) is 0 Å². The Morgan fingerprint density at radius 1 is 1.15 bits per heavy atom. The summed E-state index contributed by atoms with van der Waals surface area (Å²) < 4.78 is 12.9. The van der Waals surface area contributed by atoms with Crippen molar-refractivity contribution in [1.29, 1.82) is 0 Å². The molecule has 5 heteroatoms. The van der Waals surface area contributed by atoms with Crippen molar-refractivity contribution in [3.8, 4) is 22.0 Å². The third-order valence-electron chi connectivity index (χ3n) is 2.96. The van der Waals surface area contributed by atoms with Crippen molar-refractivity contribution in [1.82, 2.24) is 9.97 Å². The first kappa shape index (κ1) is 12.7. The molecule has 0 aliphatic rings. The summed E-state index contributed by atoms with van der Waals surface area (Å²) in [4.78, 5) is 9.70. The van der Waals surface area contributed by atoms with Gasteiger partial charge >= 0.3 is 0 Å². The number of thiazole rings is 1. The molecule has 0 amide bonds. The van der Waals surface area contributed by atoms with Crippen LogP contribution >= 0.6 is 11.3 Å². The molecule has 0 spiro atoms. The molecule has 20 heavy (non-hydrogen) atoms. The van der Waals surface area contributed by atoms with Crippen molar-refractivity contribution in [3.63, 3.8) is 0 Å². The van der Waals surface area contributed by atoms with Crippen LogP contribution in [0, 0.1) is 12.7 Å². The number of halogens is 1. The summed E-state index contributed by atoms with van der Waals surface area (Å²) in [5.41, 5.74) is 9.02. The van der Waals surface area contributed by atoms with E-state index < -0.39 is 0 Å². The number of rotatable bonds is 2. The fraction of sp³-hybridized carbons (Fsp3) is 0.0667. The average Bonchev–Trinajstić information content (AvgIpc) is 2.82. The van der Waals surface area contributed by atoms with Crippen LogP contribution in [-0.4, -0.2) is 9.97 Å². The van der Waals surface area contributed by atoms with Crippen LogP contribution in [0.25, 0.3) is 22.0 Å². The molecule has 3 rings (SSSR count). The van der Waals surface area contributed by atoms with E-state index in [-0.39, 0.29) is 5.82 Å². The third kappa shape index (κ3) is 2.28. The van der Waals surface area contributed by atoms with Crippen LogP contribution < -0.4 is 5.73 Å². The lowest BCUT2D eigenvalue weighted by Crippen LogP contribution is -1.89. The monoisotopic (exact) mass is 285 g/mol. The second kappa shape index (κ2) is 5.02. The molecule has 0 bridgehead atoms. The Kier molecular flexibility index (Phi) is 3.20. The summed E-state index contributed by atoms with van der Waals surface area (Å²) >= 11 is 1.56. The van der Waals surface area contributed by atoms with Crippen molar-refractivity contribution < 1.29 is 4.39 Å². The van der Waals surface area contributed by atoms with E-state index in [4.69, 9.17) is 5.73 Å². The maximum absolute atomic E-state index is 12.9. The smallest absolute Gasteiger partial charge is 0.141 e. The molecular formula is C15H12FN3S. The Bertz CT molecular complexity index is 750. The van der Waals surface area contributed by atoms with Crippen molar-refractivity contribution in [3.05, 3.63) is 53.3 Å². The molecule has 0 radical (unpaired) electrons. The molecule has 1 aromatic carbocycles. The van der Waals surface area contributed by atoms with E-state index >= 15 is 0 Å². The number of benzene rings is 1. The van der Waals surface area contributed by atoms with Gasteiger partial charge in [-0.1, -0.05) is 12.1 Å². The Hall–Kier alpha value is -2.27. The molecular weight excluding hydrogens is 273 g/mol. The molecule has 3 nitrogen and oxygen atoms in total. The topological polar surface area (TPSA) is 51.8 Å². The van der Waals surface area contributed by atoms with E-state index in [1.54, 1.807) is 17.4 Å². The number of hydrogen-bond donors (Lipinski definition) is 1. The van der Waals surface area contributed by atoms with E-state index in [1.807, 2.05) is 31.2 Å². The number of anilines is 1. The van der Waals surface area contributed by atoms with Gasteiger partial charge in [0.15, 0.2) is 0 Å². The lowest BCUT2D eigenvalue weighted by Gasteiger charge is -2.00. The van der Waals surface area contributed by atoms with E-state index in [0.717, 1.165) is 21.1 Å². The van der Waals surface area contributed by atoms with Gasteiger partial charge in [0.1, 0.15) is 16.5 Å². The molecule has 0 saturated heterocycles. The SMILES string of the molecule is Cc1sc(-c2ccccc2N)nc1-c1ccc(F)cn1. The minimum atomic E-state index is -0.353. The van der Waals surface area contributed by atoms with Crippen LogP contribution in [-0.2, 0) is 0 Å². The summed E-state index contributed by atoms with van der Waals surface area (Å²) in [5.74, 6) is -0.353. The second-order valence-electron chi connectivity index (χ2n) is 4.37. The molecule has 2 N–H and O–H groups in total. The van der Waals surface area contributed by atoms with E-state index in [9.17, 15) is 4.39 Å². The molecule has 0 aliphatic carbocycles. The van der Waals surface area contributed by atoms with E-state index in [2.05, 4.69) is 9.97 Å². The van der Waals surface area contributed by atoms with Crippen LogP contribution in [0.3, 0.4) is 0 Å². The van der Waals surface area contributed by atoms with Crippen molar-refractivity contribution in [2.24, 2.45) is 0 Å². The molecule has 0 saturated carbocycles. The first-order valence-electron chi connectivity index (χ1n) is 6.09. The number of pyridine rings is 1. The minimum absolute atomic E-state index is 0.353. The highest BCUT2D eigenvalue weighted by Gasteiger charge is 2.13. The van der Waals surface area contributed by atoms with Crippen molar-refractivity contribution in [2.75, 3.05) is 5.73 Å². The molecule has 0 unspecified atom stereocenters. The maximum Gasteiger partial charge on any atom is 0.141 e. The minimum Gasteiger partial charge on any atom is -0.398 e. The number of aromatic nitrogens is 2. The fourth-order valence-corrected chi connectivity index (χ4v) is 2.93. The number of nitrogens with two attached hydrogens (primary N) is 1. The van der Waals surface area contributed by atoms with Crippen LogP contribution in [0.2, 0.25) is 0 Å². The van der Waals surface area contributed by atoms with E-state index in [0.29, 0.717) is 11.4 Å². The van der Waals surface area contributed by atoms with Crippen molar-refractivity contribution in [2.45, 2.75) is 6.92 Å².